The van der Waals surface area contributed by atoms with Crippen LogP contribution < -0.4 is 5.56 Å². The van der Waals surface area contributed by atoms with Gasteiger partial charge in [0, 0.05) is 18.0 Å². The Morgan fingerprint density at radius 2 is 2.29 bits per heavy atom. The summed E-state index contributed by atoms with van der Waals surface area (Å²) >= 11 is 0. The van der Waals surface area contributed by atoms with E-state index in [1.54, 1.807) is 18.5 Å². The van der Waals surface area contributed by atoms with Gasteiger partial charge in [-0.25, -0.2) is 4.79 Å². The molecule has 0 aliphatic carbocycles. The lowest BCUT2D eigenvalue weighted by molar-refractivity contribution is -0.0413. The molecule has 17 heavy (non-hydrogen) atoms. The summed E-state index contributed by atoms with van der Waals surface area (Å²) in [5.41, 5.74) is 0.487. The zero-order valence-electron chi connectivity index (χ0n) is 9.99. The van der Waals surface area contributed by atoms with Gasteiger partial charge >= 0.3 is 5.97 Å². The fraction of sp³-hybridized carbons (Fsp3) is 0.636. The van der Waals surface area contributed by atoms with Crippen molar-refractivity contribution in [3.63, 3.8) is 0 Å². The van der Waals surface area contributed by atoms with E-state index in [-0.39, 0.29) is 5.56 Å². The van der Waals surface area contributed by atoms with Crippen molar-refractivity contribution in [1.29, 1.82) is 0 Å². The van der Waals surface area contributed by atoms with Crippen LogP contribution in [0.5, 0.6) is 0 Å². The van der Waals surface area contributed by atoms with Gasteiger partial charge in [-0.1, -0.05) is 0 Å². The lowest BCUT2D eigenvalue weighted by Gasteiger charge is -2.26. The number of nitrogens with one attached hydrogen (secondary N) is 1. The highest BCUT2D eigenvalue weighted by atomic mass is 16.5. The summed E-state index contributed by atoms with van der Waals surface area (Å²) in [4.78, 5) is 23.3. The molecule has 1 aromatic rings. The van der Waals surface area contributed by atoms with Crippen LogP contribution in [0.1, 0.15) is 23.0 Å². The molecule has 0 unspecified atom stereocenters. The van der Waals surface area contributed by atoms with Crippen molar-refractivity contribution in [2.45, 2.75) is 20.4 Å². The van der Waals surface area contributed by atoms with Crippen molar-refractivity contribution >= 4 is 5.97 Å². The summed E-state index contributed by atoms with van der Waals surface area (Å²) in [6, 6.07) is 0. The summed E-state index contributed by atoms with van der Waals surface area (Å²) in [5, 5.41) is 2.66. The molecule has 0 bridgehead atoms. The number of rotatable bonds is 4. The normalized spacial score (nSPS) is 15.6. The van der Waals surface area contributed by atoms with Crippen LogP contribution in [0.2, 0.25) is 0 Å². The Morgan fingerprint density at radius 3 is 2.82 bits per heavy atom. The highest BCUT2D eigenvalue weighted by Gasteiger charge is 2.25. The minimum Gasteiger partial charge on any atom is -0.461 e. The fourth-order valence-electron chi connectivity index (χ4n) is 1.82. The molecule has 6 nitrogen and oxygen atoms in total. The van der Waals surface area contributed by atoms with Crippen LogP contribution in [0.4, 0.5) is 0 Å². The third-order valence-electron chi connectivity index (χ3n) is 2.82. The molecule has 0 spiro atoms. The summed E-state index contributed by atoms with van der Waals surface area (Å²) in [7, 11) is 0. The predicted octanol–water partition coefficient (Wildman–Crippen LogP) is 0.308. The molecule has 0 saturated carbocycles. The van der Waals surface area contributed by atoms with Crippen molar-refractivity contribution in [1.82, 2.24) is 9.78 Å². The summed E-state index contributed by atoms with van der Waals surface area (Å²) in [6.07, 6.45) is 0. The number of nitrogens with zero attached hydrogens (tertiary/aromatic N) is 1. The number of hydrogen-bond donors (Lipinski definition) is 1. The van der Waals surface area contributed by atoms with Gasteiger partial charge in [0.1, 0.15) is 0 Å². The van der Waals surface area contributed by atoms with Crippen LogP contribution in [0.15, 0.2) is 4.79 Å². The number of esters is 1. The van der Waals surface area contributed by atoms with E-state index in [2.05, 4.69) is 5.10 Å². The molecule has 2 rings (SSSR count). The first-order chi connectivity index (χ1) is 8.13. The van der Waals surface area contributed by atoms with Crippen LogP contribution >= 0.6 is 0 Å². The number of ether oxygens (including phenoxy) is 2. The second-order valence-corrected chi connectivity index (χ2v) is 4.15. The number of carbonyl (C=O) groups is 1. The van der Waals surface area contributed by atoms with Crippen LogP contribution in [-0.4, -0.2) is 35.6 Å². The Balaban J connectivity index is 2.26. The first-order valence-electron chi connectivity index (χ1n) is 5.67. The quantitative estimate of drug-likeness (QED) is 0.769. The van der Waals surface area contributed by atoms with Crippen molar-refractivity contribution in [3.8, 4) is 0 Å². The third-order valence-corrected chi connectivity index (χ3v) is 2.82. The maximum atomic E-state index is 11.8. The second-order valence-electron chi connectivity index (χ2n) is 4.15. The SMILES string of the molecule is CCOC(=O)c1c(C)c(=O)[nH]n1CC1COC1. The van der Waals surface area contributed by atoms with Crippen LogP contribution in [0.25, 0.3) is 0 Å². The largest absolute Gasteiger partial charge is 0.461 e. The van der Waals surface area contributed by atoms with Gasteiger partial charge in [-0.3, -0.25) is 14.6 Å². The van der Waals surface area contributed by atoms with Crippen molar-refractivity contribution in [3.05, 3.63) is 21.6 Å². The molecule has 1 aliphatic heterocycles. The molecular weight excluding hydrogens is 224 g/mol. The van der Waals surface area contributed by atoms with Crippen LogP contribution in [0, 0.1) is 12.8 Å². The average Bonchev–Trinajstić information content (AvgIpc) is 2.49. The molecule has 0 radical (unpaired) electrons. The van der Waals surface area contributed by atoms with Crippen LogP contribution in [0.3, 0.4) is 0 Å². The molecule has 1 fully saturated rings. The molecule has 0 aromatic carbocycles. The lowest BCUT2D eigenvalue weighted by atomic mass is 10.1. The Morgan fingerprint density at radius 1 is 1.59 bits per heavy atom. The molecular formula is C11H16N2O4. The smallest absolute Gasteiger partial charge is 0.356 e. The molecule has 94 valence electrons. The highest BCUT2D eigenvalue weighted by Crippen LogP contribution is 2.14. The molecule has 6 heteroatoms. The van der Waals surface area contributed by atoms with Gasteiger partial charge < -0.3 is 9.47 Å². The van der Waals surface area contributed by atoms with Gasteiger partial charge in [0.25, 0.3) is 5.56 Å². The zero-order chi connectivity index (χ0) is 12.4. The van der Waals surface area contributed by atoms with Crippen molar-refractivity contribution < 1.29 is 14.3 Å². The number of hydrogen-bond acceptors (Lipinski definition) is 4. The Kier molecular flexibility index (Phi) is 3.33. The van der Waals surface area contributed by atoms with Gasteiger partial charge in [-0.2, -0.15) is 0 Å². The standard InChI is InChI=1S/C11H16N2O4/c1-3-17-11(15)9-7(2)10(14)12-13(9)4-8-5-16-6-8/h8H,3-6H2,1-2H3,(H,12,14). The van der Waals surface area contributed by atoms with Gasteiger partial charge in [0.05, 0.1) is 19.8 Å². The molecule has 1 saturated heterocycles. The first-order valence-corrected chi connectivity index (χ1v) is 5.67. The van der Waals surface area contributed by atoms with Crippen molar-refractivity contribution in [2.75, 3.05) is 19.8 Å². The maximum absolute atomic E-state index is 11.8. The predicted molar refractivity (Wildman–Crippen MR) is 60.1 cm³/mol. The molecule has 1 aromatic heterocycles. The maximum Gasteiger partial charge on any atom is 0.356 e. The average molecular weight is 240 g/mol. The summed E-state index contributed by atoms with van der Waals surface area (Å²) in [6.45, 7) is 5.57. The van der Waals surface area contributed by atoms with E-state index in [1.165, 1.54) is 0 Å². The van der Waals surface area contributed by atoms with Crippen molar-refractivity contribution in [2.24, 2.45) is 5.92 Å². The number of carbonyl (C=O) groups excluding carboxylic acids is 1. The van der Waals surface area contributed by atoms with E-state index in [0.717, 1.165) is 0 Å². The molecule has 0 atom stereocenters. The lowest BCUT2D eigenvalue weighted by Crippen LogP contribution is -2.33. The number of aromatic amines is 1. The van der Waals surface area contributed by atoms with Gasteiger partial charge in [-0.05, 0) is 13.8 Å². The van der Waals surface area contributed by atoms with E-state index >= 15 is 0 Å². The van der Waals surface area contributed by atoms with Crippen LogP contribution in [-0.2, 0) is 16.0 Å². The Bertz CT molecular complexity index is 470. The highest BCUT2D eigenvalue weighted by molar-refractivity contribution is 5.89. The summed E-state index contributed by atoms with van der Waals surface area (Å²) in [5.74, 6) is -0.103. The number of H-pyrrole nitrogens is 1. The second kappa shape index (κ2) is 4.75. The van der Waals surface area contributed by atoms with E-state index in [9.17, 15) is 9.59 Å². The molecule has 0 amide bonds. The fourth-order valence-corrected chi connectivity index (χ4v) is 1.82. The first kappa shape index (κ1) is 11.9. The Labute approximate surface area is 98.5 Å². The third kappa shape index (κ3) is 2.26. The van der Waals surface area contributed by atoms with E-state index in [4.69, 9.17) is 9.47 Å². The summed E-state index contributed by atoms with van der Waals surface area (Å²) < 4.78 is 11.6. The van der Waals surface area contributed by atoms with Gasteiger partial charge in [-0.15, -0.1) is 0 Å². The topological polar surface area (TPSA) is 73.3 Å². The van der Waals surface area contributed by atoms with E-state index in [0.29, 0.717) is 43.5 Å². The van der Waals surface area contributed by atoms with Gasteiger partial charge in [0.2, 0.25) is 0 Å². The number of aromatic nitrogens is 2. The molecule has 1 aliphatic rings. The Hall–Kier alpha value is -1.56. The molecule has 1 N–H and O–H groups in total. The minimum absolute atomic E-state index is 0.242. The van der Waals surface area contributed by atoms with Gasteiger partial charge in [0.15, 0.2) is 5.69 Å². The minimum atomic E-state index is -0.455. The van der Waals surface area contributed by atoms with E-state index in [1.807, 2.05) is 0 Å². The zero-order valence-corrected chi connectivity index (χ0v) is 9.99. The van der Waals surface area contributed by atoms with E-state index < -0.39 is 5.97 Å². The molecule has 2 heterocycles. The monoisotopic (exact) mass is 240 g/mol.